The molecule has 0 bridgehead atoms. The van der Waals surface area contributed by atoms with Crippen LogP contribution in [0.5, 0.6) is 5.88 Å². The van der Waals surface area contributed by atoms with E-state index >= 15 is 0 Å². The highest BCUT2D eigenvalue weighted by molar-refractivity contribution is 6.30. The number of hydrogen-bond acceptors (Lipinski definition) is 5. The summed E-state index contributed by atoms with van der Waals surface area (Å²) in [6.07, 6.45) is 3.18. The van der Waals surface area contributed by atoms with Crippen molar-refractivity contribution >= 4 is 17.5 Å². The number of hydrogen-bond donors (Lipinski definition) is 2. The second-order valence-electron chi connectivity index (χ2n) is 6.59. The summed E-state index contributed by atoms with van der Waals surface area (Å²) in [6, 6.07) is 16.6. The highest BCUT2D eigenvalue weighted by Crippen LogP contribution is 2.25. The third-order valence-corrected chi connectivity index (χ3v) is 4.85. The first kappa shape index (κ1) is 20.8. The van der Waals surface area contributed by atoms with E-state index < -0.39 is 11.5 Å². The minimum atomic E-state index is -1.20. The Balaban J connectivity index is 1.57. The fourth-order valence-electron chi connectivity index (χ4n) is 2.75. The zero-order valence-electron chi connectivity index (χ0n) is 16.0. The van der Waals surface area contributed by atoms with Crippen LogP contribution in [0.2, 0.25) is 5.02 Å². The van der Waals surface area contributed by atoms with Crippen LogP contribution in [0.1, 0.15) is 35.0 Å². The van der Waals surface area contributed by atoms with E-state index in [2.05, 4.69) is 15.3 Å². The Morgan fingerprint density at radius 2 is 1.83 bits per heavy atom. The molecule has 0 aliphatic heterocycles. The fraction of sp³-hybridized carbons (Fsp3) is 0.227. The van der Waals surface area contributed by atoms with Crippen LogP contribution in [0.3, 0.4) is 0 Å². The summed E-state index contributed by atoms with van der Waals surface area (Å²) >= 11 is 5.91. The molecule has 6 nitrogen and oxygen atoms in total. The zero-order valence-corrected chi connectivity index (χ0v) is 16.8. The number of carbonyl (C=O) groups excluding carboxylic acids is 1. The van der Waals surface area contributed by atoms with Gasteiger partial charge in [0.2, 0.25) is 5.88 Å². The lowest BCUT2D eigenvalue weighted by Gasteiger charge is -2.27. The molecule has 0 spiro atoms. The van der Waals surface area contributed by atoms with Gasteiger partial charge in [0, 0.05) is 5.02 Å². The van der Waals surface area contributed by atoms with Gasteiger partial charge in [-0.25, -0.2) is 9.97 Å². The molecule has 7 heteroatoms. The third kappa shape index (κ3) is 5.53. The van der Waals surface area contributed by atoms with E-state index in [4.69, 9.17) is 16.3 Å². The first-order chi connectivity index (χ1) is 14.0. The molecule has 0 aliphatic rings. The lowest BCUT2D eigenvalue weighted by molar-refractivity contribution is 0.0313. The average molecular weight is 412 g/mol. The topological polar surface area (TPSA) is 84.3 Å². The van der Waals surface area contributed by atoms with Crippen molar-refractivity contribution in [2.24, 2.45) is 0 Å². The first-order valence-corrected chi connectivity index (χ1v) is 9.63. The number of amides is 1. The van der Waals surface area contributed by atoms with Gasteiger partial charge in [-0.15, -0.1) is 0 Å². The molecule has 0 aliphatic carbocycles. The number of aromatic nitrogens is 2. The Morgan fingerprint density at radius 1 is 1.10 bits per heavy atom. The lowest BCUT2D eigenvalue weighted by atomic mass is 9.91. The average Bonchev–Trinajstić information content (AvgIpc) is 2.77. The lowest BCUT2D eigenvalue weighted by Crippen LogP contribution is -2.40. The number of carbonyl (C=O) groups is 1. The van der Waals surface area contributed by atoms with E-state index in [1.54, 1.807) is 24.3 Å². The van der Waals surface area contributed by atoms with Crippen molar-refractivity contribution in [2.75, 3.05) is 6.54 Å². The molecule has 1 atom stereocenters. The molecule has 29 heavy (non-hydrogen) atoms. The van der Waals surface area contributed by atoms with Gasteiger partial charge in [0.15, 0.2) is 0 Å². The molecule has 3 aromatic rings. The molecular formula is C22H22ClN3O3. The molecular weight excluding hydrogens is 390 g/mol. The van der Waals surface area contributed by atoms with Gasteiger partial charge >= 0.3 is 0 Å². The summed E-state index contributed by atoms with van der Waals surface area (Å²) in [6.45, 7) is 2.25. The van der Waals surface area contributed by atoms with Gasteiger partial charge < -0.3 is 15.2 Å². The van der Waals surface area contributed by atoms with Gasteiger partial charge in [-0.1, -0.05) is 61.0 Å². The van der Waals surface area contributed by atoms with E-state index in [1.807, 2.05) is 37.3 Å². The van der Waals surface area contributed by atoms with Crippen LogP contribution in [-0.4, -0.2) is 27.5 Å². The van der Waals surface area contributed by atoms with Crippen LogP contribution >= 0.6 is 11.6 Å². The number of ether oxygens (including phenoxy) is 1. The monoisotopic (exact) mass is 411 g/mol. The van der Waals surface area contributed by atoms with Crippen LogP contribution in [0.4, 0.5) is 0 Å². The number of nitrogens with zero attached hydrogens (tertiary/aromatic N) is 2. The Kier molecular flexibility index (Phi) is 6.80. The highest BCUT2D eigenvalue weighted by atomic mass is 35.5. The van der Waals surface area contributed by atoms with Crippen molar-refractivity contribution in [3.8, 4) is 5.88 Å². The Labute approximate surface area is 174 Å². The summed E-state index contributed by atoms with van der Waals surface area (Å²) in [5, 5.41) is 14.2. The number of aliphatic hydroxyl groups is 1. The molecule has 0 saturated heterocycles. The molecule has 2 aromatic carbocycles. The van der Waals surface area contributed by atoms with Crippen molar-refractivity contribution in [3.63, 3.8) is 0 Å². The van der Waals surface area contributed by atoms with Crippen LogP contribution in [0.25, 0.3) is 0 Å². The van der Waals surface area contributed by atoms with Crippen LogP contribution in [0.15, 0.2) is 67.0 Å². The van der Waals surface area contributed by atoms with E-state index in [9.17, 15) is 9.90 Å². The van der Waals surface area contributed by atoms with E-state index in [1.165, 1.54) is 12.4 Å². The van der Waals surface area contributed by atoms with Crippen molar-refractivity contribution in [2.45, 2.75) is 25.6 Å². The molecule has 0 radical (unpaired) electrons. The zero-order chi connectivity index (χ0) is 20.7. The van der Waals surface area contributed by atoms with Gasteiger partial charge in [-0.3, -0.25) is 4.79 Å². The molecule has 0 fully saturated rings. The maximum absolute atomic E-state index is 12.4. The number of nitrogens with one attached hydrogen (secondary N) is 1. The third-order valence-electron chi connectivity index (χ3n) is 4.60. The number of halogens is 1. The highest BCUT2D eigenvalue weighted by Gasteiger charge is 2.28. The van der Waals surface area contributed by atoms with Gasteiger partial charge in [-0.2, -0.15) is 0 Å². The quantitative estimate of drug-likeness (QED) is 0.590. The summed E-state index contributed by atoms with van der Waals surface area (Å²) < 4.78 is 5.57. The van der Waals surface area contributed by atoms with Crippen LogP contribution < -0.4 is 10.1 Å². The summed E-state index contributed by atoms with van der Waals surface area (Å²) in [5.74, 6) is -0.0930. The van der Waals surface area contributed by atoms with Crippen molar-refractivity contribution in [1.29, 1.82) is 0 Å². The van der Waals surface area contributed by atoms with Crippen molar-refractivity contribution < 1.29 is 14.6 Å². The molecule has 1 amide bonds. The second-order valence-corrected chi connectivity index (χ2v) is 7.03. The summed E-state index contributed by atoms with van der Waals surface area (Å²) in [4.78, 5) is 20.6. The normalized spacial score (nSPS) is 12.8. The van der Waals surface area contributed by atoms with Gasteiger partial charge in [0.25, 0.3) is 5.91 Å². The largest absolute Gasteiger partial charge is 0.472 e. The van der Waals surface area contributed by atoms with Crippen molar-refractivity contribution in [1.82, 2.24) is 15.3 Å². The maximum Gasteiger partial charge on any atom is 0.271 e. The Hall–Kier alpha value is -2.96. The smallest absolute Gasteiger partial charge is 0.271 e. The van der Waals surface area contributed by atoms with E-state index in [-0.39, 0.29) is 12.2 Å². The van der Waals surface area contributed by atoms with Gasteiger partial charge in [-0.05, 0) is 29.7 Å². The number of benzene rings is 2. The van der Waals surface area contributed by atoms with Gasteiger partial charge in [0.05, 0.1) is 18.9 Å². The summed E-state index contributed by atoms with van der Waals surface area (Å²) in [5.41, 5.74) is 0.635. The van der Waals surface area contributed by atoms with E-state index in [0.29, 0.717) is 29.5 Å². The molecule has 2 N–H and O–H groups in total. The van der Waals surface area contributed by atoms with E-state index in [0.717, 1.165) is 5.56 Å². The molecule has 1 heterocycles. The fourth-order valence-corrected chi connectivity index (χ4v) is 2.87. The molecule has 150 valence electrons. The Morgan fingerprint density at radius 3 is 2.45 bits per heavy atom. The summed E-state index contributed by atoms with van der Waals surface area (Å²) in [7, 11) is 0. The molecule has 1 unspecified atom stereocenters. The second kappa shape index (κ2) is 9.49. The predicted molar refractivity (Wildman–Crippen MR) is 111 cm³/mol. The van der Waals surface area contributed by atoms with Crippen LogP contribution in [-0.2, 0) is 12.2 Å². The number of rotatable bonds is 8. The Bertz CT molecular complexity index is 934. The minimum absolute atomic E-state index is 0.0396. The minimum Gasteiger partial charge on any atom is -0.472 e. The first-order valence-electron chi connectivity index (χ1n) is 9.25. The predicted octanol–water partition coefficient (Wildman–Crippen LogP) is 3.74. The molecule has 1 aromatic heterocycles. The molecule has 3 rings (SSSR count). The maximum atomic E-state index is 12.4. The molecule has 0 saturated carbocycles. The standard InChI is InChI=1S/C22H22ClN3O3/c1-2-22(28,17-8-10-18(23)11-9-17)15-26-21(27)19-12-25-20(13-24-19)29-14-16-6-4-3-5-7-16/h3-13,28H,2,14-15H2,1H3,(H,26,27). The SMILES string of the molecule is CCC(O)(CNC(=O)c1cnc(OCc2ccccc2)cn1)c1ccc(Cl)cc1. The van der Waals surface area contributed by atoms with Crippen molar-refractivity contribution in [3.05, 3.63) is 88.8 Å². The van der Waals surface area contributed by atoms with Crippen LogP contribution in [0, 0.1) is 0 Å². The van der Waals surface area contributed by atoms with Gasteiger partial charge in [0.1, 0.15) is 17.9 Å².